The molecule has 0 spiro atoms. The molecule has 0 fully saturated rings. The Balaban J connectivity index is 3.41. The van der Waals surface area contributed by atoms with Crippen LogP contribution in [0.5, 0.6) is 0 Å². The van der Waals surface area contributed by atoms with Gasteiger partial charge in [-0.1, -0.05) is 155 Å². The molecule has 0 aliphatic carbocycles. The molecule has 0 N–H and O–H groups in total. The second-order valence-corrected chi connectivity index (χ2v) is 9.48. The molecule has 0 rings (SSSR count). The largest absolute Gasteiger partial charge is 0.103 e. The maximum Gasteiger partial charge on any atom is -0.0142 e. The van der Waals surface area contributed by atoms with Gasteiger partial charge in [-0.2, -0.15) is 0 Å². The van der Waals surface area contributed by atoms with Gasteiger partial charge in [0.1, 0.15) is 0 Å². The van der Waals surface area contributed by atoms with Gasteiger partial charge in [0.25, 0.3) is 0 Å². The molecule has 0 saturated carbocycles. The van der Waals surface area contributed by atoms with Crippen molar-refractivity contribution < 1.29 is 0 Å². The smallest absolute Gasteiger partial charge is 0.0142 e. The number of hydrogen-bond donors (Lipinski definition) is 0. The van der Waals surface area contributed by atoms with Crippen LogP contribution in [0.2, 0.25) is 0 Å². The molecule has 0 aromatic heterocycles. The van der Waals surface area contributed by atoms with Crippen LogP contribution < -0.4 is 0 Å². The van der Waals surface area contributed by atoms with Gasteiger partial charge in [-0.25, -0.2) is 0 Å². The minimum Gasteiger partial charge on any atom is -0.103 e. The Morgan fingerprint density at radius 1 is 0.448 bits per heavy atom. The SMILES string of the molecule is C=C[CH]C(CCCCCCCCCCCC)CCCCCCCCCCCCC. The third-order valence-corrected chi connectivity index (χ3v) is 6.52. The molecule has 0 aromatic carbocycles. The first-order valence-electron chi connectivity index (χ1n) is 13.8. The van der Waals surface area contributed by atoms with Crippen molar-refractivity contribution in [2.45, 2.75) is 162 Å². The molecule has 1 unspecified atom stereocenters. The fourth-order valence-electron chi connectivity index (χ4n) is 4.49. The lowest BCUT2D eigenvalue weighted by molar-refractivity contribution is 0.448. The molecule has 0 aliphatic rings. The lowest BCUT2D eigenvalue weighted by atomic mass is 9.91. The molecule has 1 radical (unpaired) electrons. The van der Waals surface area contributed by atoms with Crippen LogP contribution in [0.25, 0.3) is 0 Å². The van der Waals surface area contributed by atoms with Crippen molar-refractivity contribution in [3.63, 3.8) is 0 Å². The van der Waals surface area contributed by atoms with E-state index in [2.05, 4.69) is 26.8 Å². The Hall–Kier alpha value is -0.260. The van der Waals surface area contributed by atoms with Gasteiger partial charge in [0, 0.05) is 0 Å². The van der Waals surface area contributed by atoms with Crippen LogP contribution in [0.4, 0.5) is 0 Å². The van der Waals surface area contributed by atoms with E-state index in [0.29, 0.717) is 0 Å². The fourth-order valence-corrected chi connectivity index (χ4v) is 4.49. The lowest BCUT2D eigenvalue weighted by Gasteiger charge is -2.14. The topological polar surface area (TPSA) is 0 Å². The second-order valence-electron chi connectivity index (χ2n) is 9.48. The summed E-state index contributed by atoms with van der Waals surface area (Å²) >= 11 is 0. The quantitative estimate of drug-likeness (QED) is 0.132. The van der Waals surface area contributed by atoms with Gasteiger partial charge in [0.2, 0.25) is 0 Å². The van der Waals surface area contributed by atoms with Crippen molar-refractivity contribution in [1.82, 2.24) is 0 Å². The average Bonchev–Trinajstić information content (AvgIpc) is 2.73. The van der Waals surface area contributed by atoms with Crippen LogP contribution >= 0.6 is 0 Å². The van der Waals surface area contributed by atoms with E-state index in [1.807, 2.05) is 6.08 Å². The van der Waals surface area contributed by atoms with E-state index in [1.165, 1.54) is 148 Å². The molecule has 1 atom stereocenters. The Morgan fingerprint density at radius 3 is 1.00 bits per heavy atom. The first-order valence-corrected chi connectivity index (χ1v) is 13.8. The average molecular weight is 406 g/mol. The summed E-state index contributed by atoms with van der Waals surface area (Å²) in [5.41, 5.74) is 0. The van der Waals surface area contributed by atoms with Gasteiger partial charge in [0.15, 0.2) is 0 Å². The number of unbranched alkanes of at least 4 members (excludes halogenated alkanes) is 19. The summed E-state index contributed by atoms with van der Waals surface area (Å²) in [6.07, 6.45) is 37.5. The predicted octanol–water partition coefficient (Wildman–Crippen LogP) is 11.0. The van der Waals surface area contributed by atoms with E-state index >= 15 is 0 Å². The molecule has 0 saturated heterocycles. The monoisotopic (exact) mass is 405 g/mol. The van der Waals surface area contributed by atoms with E-state index in [-0.39, 0.29) is 0 Å². The molecule has 0 aliphatic heterocycles. The van der Waals surface area contributed by atoms with Crippen molar-refractivity contribution in [3.05, 3.63) is 19.1 Å². The molecule has 29 heavy (non-hydrogen) atoms. The van der Waals surface area contributed by atoms with Crippen LogP contribution in [-0.4, -0.2) is 0 Å². The third-order valence-electron chi connectivity index (χ3n) is 6.52. The van der Waals surface area contributed by atoms with E-state index in [4.69, 9.17) is 0 Å². The van der Waals surface area contributed by atoms with E-state index in [1.54, 1.807) is 0 Å². The zero-order valence-corrected chi connectivity index (χ0v) is 20.7. The lowest BCUT2D eigenvalue weighted by Crippen LogP contribution is -2.00. The van der Waals surface area contributed by atoms with E-state index in [0.717, 1.165) is 5.92 Å². The van der Waals surface area contributed by atoms with Gasteiger partial charge >= 0.3 is 0 Å². The van der Waals surface area contributed by atoms with Gasteiger partial charge in [0.05, 0.1) is 0 Å². The molecule has 173 valence electrons. The Kier molecular flexibility index (Phi) is 25.5. The molecule has 0 heteroatoms. The molecule has 0 heterocycles. The number of allylic oxidation sites excluding steroid dienone is 1. The molecule has 0 amide bonds. The maximum atomic E-state index is 3.95. The first kappa shape index (κ1) is 28.7. The molecule has 0 bridgehead atoms. The van der Waals surface area contributed by atoms with Crippen molar-refractivity contribution in [3.8, 4) is 0 Å². The summed E-state index contributed by atoms with van der Waals surface area (Å²) in [4.78, 5) is 0. The highest BCUT2D eigenvalue weighted by Gasteiger charge is 2.07. The predicted molar refractivity (Wildman–Crippen MR) is 136 cm³/mol. The van der Waals surface area contributed by atoms with Crippen molar-refractivity contribution in [2.75, 3.05) is 0 Å². The summed E-state index contributed by atoms with van der Waals surface area (Å²) in [7, 11) is 0. The van der Waals surface area contributed by atoms with Crippen molar-refractivity contribution in [1.29, 1.82) is 0 Å². The van der Waals surface area contributed by atoms with Crippen LogP contribution in [0.3, 0.4) is 0 Å². The highest BCUT2D eigenvalue weighted by Crippen LogP contribution is 2.22. The summed E-state index contributed by atoms with van der Waals surface area (Å²) < 4.78 is 0. The maximum absolute atomic E-state index is 3.95. The van der Waals surface area contributed by atoms with Crippen LogP contribution in [0.15, 0.2) is 12.7 Å². The summed E-state index contributed by atoms with van der Waals surface area (Å²) in [5.74, 6) is 0.792. The minimum absolute atomic E-state index is 0.792. The second kappa shape index (κ2) is 25.8. The van der Waals surface area contributed by atoms with Gasteiger partial charge < -0.3 is 0 Å². The third kappa shape index (κ3) is 23.9. The van der Waals surface area contributed by atoms with Gasteiger partial charge in [-0.05, 0) is 25.2 Å². The van der Waals surface area contributed by atoms with E-state index < -0.39 is 0 Å². The Labute approximate surface area is 186 Å². The Bertz CT molecular complexity index is 292. The normalized spacial score (nSPS) is 12.3. The van der Waals surface area contributed by atoms with Gasteiger partial charge in [-0.3, -0.25) is 0 Å². The zero-order valence-electron chi connectivity index (χ0n) is 20.7. The molecular weight excluding hydrogens is 348 g/mol. The van der Waals surface area contributed by atoms with E-state index in [9.17, 15) is 0 Å². The molecule has 0 nitrogen and oxygen atoms in total. The van der Waals surface area contributed by atoms with Gasteiger partial charge in [-0.15, -0.1) is 6.58 Å². The highest BCUT2D eigenvalue weighted by atomic mass is 14.1. The Morgan fingerprint density at radius 2 is 0.724 bits per heavy atom. The number of hydrogen-bond acceptors (Lipinski definition) is 0. The van der Waals surface area contributed by atoms with Crippen molar-refractivity contribution >= 4 is 0 Å². The fraction of sp³-hybridized carbons (Fsp3) is 0.897. The van der Waals surface area contributed by atoms with Crippen LogP contribution in [0, 0.1) is 12.3 Å². The van der Waals surface area contributed by atoms with Crippen LogP contribution in [-0.2, 0) is 0 Å². The minimum atomic E-state index is 0.792. The zero-order chi connectivity index (χ0) is 21.3. The first-order chi connectivity index (χ1) is 14.3. The summed E-state index contributed by atoms with van der Waals surface area (Å²) in [6, 6.07) is 0. The van der Waals surface area contributed by atoms with Crippen LogP contribution in [0.1, 0.15) is 162 Å². The van der Waals surface area contributed by atoms with Crippen molar-refractivity contribution in [2.24, 2.45) is 5.92 Å². The standard InChI is InChI=1S/C29H57/c1-4-7-9-11-13-15-17-19-21-23-25-28-29(26-6-3)27-24-22-20-18-16-14-12-10-8-5-2/h6,26,29H,3-5,7-25,27-28H2,1-2H3. The number of rotatable bonds is 25. The summed E-state index contributed by atoms with van der Waals surface area (Å²) in [5, 5.41) is 0. The molecular formula is C29H57. The highest BCUT2D eigenvalue weighted by molar-refractivity contribution is 4.92. The summed E-state index contributed by atoms with van der Waals surface area (Å²) in [6.45, 7) is 8.55. The molecule has 0 aromatic rings.